The Morgan fingerprint density at radius 2 is 2.33 bits per heavy atom. The molecule has 1 heterocycles. The third-order valence-electron chi connectivity index (χ3n) is 2.27. The van der Waals surface area contributed by atoms with Gasteiger partial charge in [-0.15, -0.1) is 0 Å². The van der Waals surface area contributed by atoms with Gasteiger partial charge in [-0.25, -0.2) is 9.37 Å². The molecule has 2 rings (SSSR count). The highest BCUT2D eigenvalue weighted by molar-refractivity contribution is 5.94. The van der Waals surface area contributed by atoms with E-state index in [1.807, 2.05) is 0 Å². The van der Waals surface area contributed by atoms with Crippen LogP contribution >= 0.6 is 0 Å². The van der Waals surface area contributed by atoms with Crippen LogP contribution in [0.4, 0.5) is 4.39 Å². The van der Waals surface area contributed by atoms with Crippen LogP contribution in [0.3, 0.4) is 0 Å². The van der Waals surface area contributed by atoms with E-state index in [9.17, 15) is 9.18 Å². The van der Waals surface area contributed by atoms with Crippen molar-refractivity contribution >= 4 is 5.91 Å². The van der Waals surface area contributed by atoms with Crippen LogP contribution in [0.25, 0.3) is 0 Å². The van der Waals surface area contributed by atoms with Gasteiger partial charge in [0.25, 0.3) is 5.91 Å². The molecule has 0 bridgehead atoms. The summed E-state index contributed by atoms with van der Waals surface area (Å²) in [6.45, 7) is 1.81. The molecule has 1 aromatic carbocycles. The standard InChI is InChI=1S/C12H11FN2O3/c1-7-5-14-11(18-7)6-15-12(17)9-3-2-8(16)4-10(9)13/h2-5,16H,6H2,1H3,(H,15,17). The maximum absolute atomic E-state index is 13.4. The normalized spacial score (nSPS) is 10.3. The zero-order valence-electron chi connectivity index (χ0n) is 9.61. The molecule has 0 spiro atoms. The average molecular weight is 250 g/mol. The molecule has 94 valence electrons. The molecule has 0 atom stereocenters. The number of nitrogens with zero attached hydrogens (tertiary/aromatic N) is 1. The summed E-state index contributed by atoms with van der Waals surface area (Å²) in [6.07, 6.45) is 1.53. The summed E-state index contributed by atoms with van der Waals surface area (Å²) in [5.74, 6) is -0.623. The molecule has 0 aliphatic carbocycles. The number of aromatic nitrogens is 1. The molecule has 0 saturated carbocycles. The highest BCUT2D eigenvalue weighted by atomic mass is 19.1. The van der Waals surface area contributed by atoms with Gasteiger partial charge in [-0.1, -0.05) is 0 Å². The first kappa shape index (κ1) is 12.1. The van der Waals surface area contributed by atoms with Crippen LogP contribution in [0.1, 0.15) is 22.0 Å². The summed E-state index contributed by atoms with van der Waals surface area (Å²) in [5.41, 5.74) is -0.143. The molecule has 0 fully saturated rings. The number of amides is 1. The van der Waals surface area contributed by atoms with E-state index < -0.39 is 11.7 Å². The van der Waals surface area contributed by atoms with Crippen molar-refractivity contribution in [1.82, 2.24) is 10.3 Å². The van der Waals surface area contributed by atoms with Crippen LogP contribution in [0, 0.1) is 12.7 Å². The van der Waals surface area contributed by atoms with Crippen molar-refractivity contribution in [3.8, 4) is 5.75 Å². The zero-order chi connectivity index (χ0) is 13.1. The van der Waals surface area contributed by atoms with Gasteiger partial charge < -0.3 is 14.8 Å². The summed E-state index contributed by atoms with van der Waals surface area (Å²) in [5, 5.41) is 11.5. The van der Waals surface area contributed by atoms with Gasteiger partial charge in [-0.3, -0.25) is 4.79 Å². The van der Waals surface area contributed by atoms with Crippen molar-refractivity contribution in [2.45, 2.75) is 13.5 Å². The molecule has 0 unspecified atom stereocenters. The Balaban J connectivity index is 2.03. The lowest BCUT2D eigenvalue weighted by Gasteiger charge is -2.04. The fraction of sp³-hybridized carbons (Fsp3) is 0.167. The molecule has 0 radical (unpaired) electrons. The van der Waals surface area contributed by atoms with Crippen molar-refractivity contribution in [3.05, 3.63) is 47.4 Å². The molecule has 5 nitrogen and oxygen atoms in total. The second-order valence-electron chi connectivity index (χ2n) is 3.71. The minimum atomic E-state index is -0.781. The van der Waals surface area contributed by atoms with E-state index in [1.165, 1.54) is 18.3 Å². The molecule has 6 heteroatoms. The van der Waals surface area contributed by atoms with Crippen LogP contribution in [0.2, 0.25) is 0 Å². The number of nitrogens with one attached hydrogen (secondary N) is 1. The number of phenols is 1. The van der Waals surface area contributed by atoms with Gasteiger partial charge in [-0.2, -0.15) is 0 Å². The Morgan fingerprint density at radius 3 is 2.94 bits per heavy atom. The lowest BCUT2D eigenvalue weighted by Crippen LogP contribution is -2.23. The Kier molecular flexibility index (Phi) is 3.27. The van der Waals surface area contributed by atoms with Crippen molar-refractivity contribution in [2.24, 2.45) is 0 Å². The topological polar surface area (TPSA) is 75.4 Å². The monoisotopic (exact) mass is 250 g/mol. The molecule has 0 saturated heterocycles. The first-order valence-electron chi connectivity index (χ1n) is 5.24. The van der Waals surface area contributed by atoms with Crippen LogP contribution < -0.4 is 5.32 Å². The van der Waals surface area contributed by atoms with Crippen molar-refractivity contribution in [3.63, 3.8) is 0 Å². The zero-order valence-corrected chi connectivity index (χ0v) is 9.61. The fourth-order valence-electron chi connectivity index (χ4n) is 1.42. The smallest absolute Gasteiger partial charge is 0.254 e. The summed E-state index contributed by atoms with van der Waals surface area (Å²) < 4.78 is 18.5. The van der Waals surface area contributed by atoms with E-state index in [0.717, 1.165) is 6.07 Å². The molecule has 0 aliphatic heterocycles. The summed E-state index contributed by atoms with van der Waals surface area (Å²) >= 11 is 0. The molecule has 1 aromatic heterocycles. The quantitative estimate of drug-likeness (QED) is 0.870. The molecule has 18 heavy (non-hydrogen) atoms. The summed E-state index contributed by atoms with van der Waals surface area (Å²) in [7, 11) is 0. The van der Waals surface area contributed by atoms with Gasteiger partial charge in [0.05, 0.1) is 18.3 Å². The number of hydrogen-bond donors (Lipinski definition) is 2. The Morgan fingerprint density at radius 1 is 1.56 bits per heavy atom. The second kappa shape index (κ2) is 4.87. The lowest BCUT2D eigenvalue weighted by atomic mass is 10.2. The summed E-state index contributed by atoms with van der Waals surface area (Å²) in [6, 6.07) is 3.33. The number of halogens is 1. The lowest BCUT2D eigenvalue weighted by molar-refractivity contribution is 0.0943. The fourth-order valence-corrected chi connectivity index (χ4v) is 1.42. The molecule has 2 aromatic rings. The first-order chi connectivity index (χ1) is 8.56. The largest absolute Gasteiger partial charge is 0.508 e. The van der Waals surface area contributed by atoms with Gasteiger partial charge in [0.1, 0.15) is 17.3 Å². The van der Waals surface area contributed by atoms with E-state index in [4.69, 9.17) is 9.52 Å². The number of benzene rings is 1. The predicted molar refractivity (Wildman–Crippen MR) is 60.5 cm³/mol. The number of aryl methyl sites for hydroxylation is 1. The maximum atomic E-state index is 13.4. The van der Waals surface area contributed by atoms with E-state index in [1.54, 1.807) is 6.92 Å². The molecule has 2 N–H and O–H groups in total. The highest BCUT2D eigenvalue weighted by Crippen LogP contribution is 2.15. The number of oxazole rings is 1. The van der Waals surface area contributed by atoms with Crippen LogP contribution in [-0.2, 0) is 6.54 Å². The van der Waals surface area contributed by atoms with Crippen LogP contribution in [0.5, 0.6) is 5.75 Å². The van der Waals surface area contributed by atoms with E-state index >= 15 is 0 Å². The van der Waals surface area contributed by atoms with E-state index in [0.29, 0.717) is 11.7 Å². The minimum absolute atomic E-state index is 0.0764. The van der Waals surface area contributed by atoms with Gasteiger partial charge >= 0.3 is 0 Å². The molecule has 0 aliphatic rings. The number of phenolic OH excluding ortho intramolecular Hbond substituents is 1. The number of hydrogen-bond acceptors (Lipinski definition) is 4. The van der Waals surface area contributed by atoms with E-state index in [2.05, 4.69) is 10.3 Å². The Labute approximate surface area is 102 Å². The second-order valence-corrected chi connectivity index (χ2v) is 3.71. The number of aromatic hydroxyl groups is 1. The first-order valence-corrected chi connectivity index (χ1v) is 5.24. The third-order valence-corrected chi connectivity index (χ3v) is 2.27. The minimum Gasteiger partial charge on any atom is -0.508 e. The number of rotatable bonds is 3. The van der Waals surface area contributed by atoms with Crippen LogP contribution in [0.15, 0.2) is 28.8 Å². The van der Waals surface area contributed by atoms with E-state index in [-0.39, 0.29) is 17.9 Å². The Bertz CT molecular complexity index is 580. The van der Waals surface area contributed by atoms with Crippen molar-refractivity contribution in [1.29, 1.82) is 0 Å². The number of carbonyl (C=O) groups excluding carboxylic acids is 1. The average Bonchev–Trinajstić information content (AvgIpc) is 2.72. The third kappa shape index (κ3) is 2.65. The molecule has 1 amide bonds. The van der Waals surface area contributed by atoms with Gasteiger partial charge in [0.2, 0.25) is 5.89 Å². The van der Waals surface area contributed by atoms with Gasteiger partial charge in [0.15, 0.2) is 0 Å². The van der Waals surface area contributed by atoms with Gasteiger partial charge in [-0.05, 0) is 19.1 Å². The maximum Gasteiger partial charge on any atom is 0.254 e. The molecular weight excluding hydrogens is 239 g/mol. The van der Waals surface area contributed by atoms with Crippen LogP contribution in [-0.4, -0.2) is 16.0 Å². The van der Waals surface area contributed by atoms with Gasteiger partial charge in [0, 0.05) is 6.07 Å². The summed E-state index contributed by atoms with van der Waals surface area (Å²) in [4.78, 5) is 15.6. The Hall–Kier alpha value is -2.37. The van der Waals surface area contributed by atoms with Crippen molar-refractivity contribution in [2.75, 3.05) is 0 Å². The predicted octanol–water partition coefficient (Wildman–Crippen LogP) is 1.76. The molecular formula is C12H11FN2O3. The number of carbonyl (C=O) groups is 1. The van der Waals surface area contributed by atoms with Crippen molar-refractivity contribution < 1.29 is 18.7 Å². The SMILES string of the molecule is Cc1cnc(CNC(=O)c2ccc(O)cc2F)o1. The highest BCUT2D eigenvalue weighted by Gasteiger charge is 2.12.